The Balaban J connectivity index is 0. The maximum Gasteiger partial charge on any atom is 0.485 e. The lowest BCUT2D eigenvalue weighted by molar-refractivity contribution is -0.670. The van der Waals surface area contributed by atoms with Crippen LogP contribution in [-0.4, -0.2) is 23.7 Å². The molecule has 0 aliphatic heterocycles. The van der Waals surface area contributed by atoms with Crippen LogP contribution in [0.15, 0.2) is 0 Å². The highest BCUT2D eigenvalue weighted by Crippen LogP contribution is 2.20. The Hall–Kier alpha value is -0.380. The van der Waals surface area contributed by atoms with Gasteiger partial charge in [0.15, 0.2) is 10.1 Å². The van der Waals surface area contributed by atoms with Gasteiger partial charge in [-0.2, -0.15) is 13.2 Å². The Morgan fingerprint density at radius 3 is 1.40 bits per heavy atom. The average molecular weight is 183 g/mol. The lowest BCUT2D eigenvalue weighted by atomic mass is 11.6. The molecular weight excluding hydrogens is 179 g/mol. The van der Waals surface area contributed by atoms with Crippen molar-refractivity contribution >= 4 is 10.1 Å². The van der Waals surface area contributed by atoms with E-state index in [2.05, 4.69) is 5.90 Å². The molecule has 0 spiro atoms. The largest absolute Gasteiger partial charge is 0.741 e. The highest BCUT2D eigenvalue weighted by atomic mass is 32.2. The molecule has 64 valence electrons. The molecule has 10 heavy (non-hydrogen) atoms. The highest BCUT2D eigenvalue weighted by molar-refractivity contribution is 7.86. The van der Waals surface area contributed by atoms with E-state index in [1.807, 2.05) is 0 Å². The van der Waals surface area contributed by atoms with E-state index in [1.165, 1.54) is 0 Å². The summed E-state index contributed by atoms with van der Waals surface area (Å²) in [4.78, 5) is 0. The number of rotatable bonds is 0. The maximum absolute atomic E-state index is 10.7. The Bertz CT molecular complexity index is 169. The molecule has 0 aliphatic rings. The summed E-state index contributed by atoms with van der Waals surface area (Å²) in [6, 6.07) is 0. The van der Waals surface area contributed by atoms with Crippen molar-refractivity contribution in [3.05, 3.63) is 0 Å². The molecule has 0 radical (unpaired) electrons. The standard InChI is InChI=1S/CHF3O3S.H4NO/c2-1(3,4)8(5,6)7;1-2/h(H,5,6,7);2H,1H3/q;+1/p-1. The summed E-state index contributed by atoms with van der Waals surface area (Å²) >= 11 is 0. The van der Waals surface area contributed by atoms with Gasteiger partial charge in [-0.05, 0) is 0 Å². The van der Waals surface area contributed by atoms with E-state index >= 15 is 0 Å². The summed E-state index contributed by atoms with van der Waals surface area (Å²) in [7, 11) is -6.09. The molecule has 0 rings (SSSR count). The van der Waals surface area contributed by atoms with Gasteiger partial charge < -0.3 is 4.55 Å². The molecule has 0 saturated carbocycles. The van der Waals surface area contributed by atoms with Crippen molar-refractivity contribution in [2.45, 2.75) is 5.51 Å². The first-order valence-electron chi connectivity index (χ1n) is 1.59. The van der Waals surface area contributed by atoms with E-state index in [0.717, 1.165) is 0 Å². The van der Waals surface area contributed by atoms with Gasteiger partial charge in [0.1, 0.15) is 0 Å². The molecule has 4 N–H and O–H groups in total. The van der Waals surface area contributed by atoms with Crippen molar-refractivity contribution in [2.75, 3.05) is 0 Å². The fraction of sp³-hybridized carbons (Fsp3) is 1.00. The van der Waals surface area contributed by atoms with Crippen molar-refractivity contribution < 1.29 is 37.2 Å². The number of hydrogen-bond acceptors (Lipinski definition) is 4. The van der Waals surface area contributed by atoms with E-state index in [-0.39, 0.29) is 0 Å². The van der Waals surface area contributed by atoms with Crippen LogP contribution in [0.25, 0.3) is 0 Å². The molecule has 0 unspecified atom stereocenters. The summed E-state index contributed by atoms with van der Waals surface area (Å²) in [5.74, 6) is 2.25. The fourth-order valence-electron chi connectivity index (χ4n) is 0. The number of hydrogen-bond donors (Lipinski definition) is 2. The van der Waals surface area contributed by atoms with Crippen LogP contribution >= 0.6 is 0 Å². The molecule has 0 aromatic rings. The monoisotopic (exact) mass is 183 g/mol. The Kier molecular flexibility index (Phi) is 4.56. The Morgan fingerprint density at radius 1 is 1.30 bits per heavy atom. The molecule has 0 fully saturated rings. The van der Waals surface area contributed by atoms with Crippen molar-refractivity contribution in [2.24, 2.45) is 0 Å². The molecule has 0 bridgehead atoms. The second-order valence-electron chi connectivity index (χ2n) is 0.900. The van der Waals surface area contributed by atoms with Crippen LogP contribution in [0.1, 0.15) is 0 Å². The van der Waals surface area contributed by atoms with Crippen molar-refractivity contribution in [1.82, 2.24) is 0 Å². The second kappa shape index (κ2) is 3.71. The van der Waals surface area contributed by atoms with Gasteiger partial charge in [0.25, 0.3) is 0 Å². The van der Waals surface area contributed by atoms with Gasteiger partial charge >= 0.3 is 5.51 Å². The minimum atomic E-state index is -6.09. The normalized spacial score (nSPS) is 11.8. The zero-order chi connectivity index (χ0) is 9.00. The van der Waals surface area contributed by atoms with Gasteiger partial charge in [-0.25, -0.2) is 19.5 Å². The summed E-state index contributed by atoms with van der Waals surface area (Å²) in [6.45, 7) is 0. The SMILES string of the molecule is O=S(=O)([O-])C(F)(F)F.[NH3+]O. The van der Waals surface area contributed by atoms with Crippen molar-refractivity contribution in [3.8, 4) is 0 Å². The predicted molar refractivity (Wildman–Crippen MR) is 20.4 cm³/mol. The molecule has 0 aromatic carbocycles. The van der Waals surface area contributed by atoms with Crippen LogP contribution in [0.2, 0.25) is 0 Å². The van der Waals surface area contributed by atoms with Crippen LogP contribution in [0.3, 0.4) is 0 Å². The van der Waals surface area contributed by atoms with E-state index in [9.17, 15) is 13.2 Å². The zero-order valence-electron chi connectivity index (χ0n) is 4.42. The van der Waals surface area contributed by atoms with Crippen LogP contribution in [0, 0.1) is 0 Å². The average Bonchev–Trinajstić information content (AvgIpc) is 1.66. The fourth-order valence-corrected chi connectivity index (χ4v) is 0. The van der Waals surface area contributed by atoms with Crippen molar-refractivity contribution in [1.29, 1.82) is 0 Å². The highest BCUT2D eigenvalue weighted by Gasteiger charge is 2.36. The van der Waals surface area contributed by atoms with Crippen LogP contribution < -0.4 is 5.90 Å². The number of alkyl halides is 3. The third kappa shape index (κ3) is 4.49. The molecule has 9 heteroatoms. The van der Waals surface area contributed by atoms with Gasteiger partial charge in [0.05, 0.1) is 0 Å². The molecule has 5 nitrogen and oxygen atoms in total. The zero-order valence-corrected chi connectivity index (χ0v) is 5.24. The van der Waals surface area contributed by atoms with E-state index in [1.54, 1.807) is 0 Å². The maximum atomic E-state index is 10.7. The third-order valence-corrected chi connectivity index (χ3v) is 0.850. The molecule has 0 aromatic heterocycles. The third-order valence-electron chi connectivity index (χ3n) is 0.283. The Labute approximate surface area is 54.0 Å². The van der Waals surface area contributed by atoms with Gasteiger partial charge in [-0.15, -0.1) is 0 Å². The summed E-state index contributed by atoms with van der Waals surface area (Å²) in [6.07, 6.45) is 0. The molecular formula is CH4F3NO4S. The predicted octanol–water partition coefficient (Wildman–Crippen LogP) is -1.33. The summed E-state index contributed by atoms with van der Waals surface area (Å²) < 4.78 is 58.9. The van der Waals surface area contributed by atoms with Crippen LogP contribution in [0.4, 0.5) is 13.2 Å². The van der Waals surface area contributed by atoms with Gasteiger partial charge in [0, 0.05) is 0 Å². The molecule has 0 saturated heterocycles. The summed E-state index contributed by atoms with van der Waals surface area (Å²) in [5, 5.41) is 6.75. The smallest absolute Gasteiger partial charge is 0.485 e. The molecule has 0 atom stereocenters. The van der Waals surface area contributed by atoms with E-state index in [0.29, 0.717) is 0 Å². The lowest BCUT2D eigenvalue weighted by Crippen LogP contribution is -2.42. The first kappa shape index (κ1) is 12.3. The topological polar surface area (TPSA) is 105 Å². The number of halogens is 3. The van der Waals surface area contributed by atoms with E-state index in [4.69, 9.17) is 18.2 Å². The minimum absolute atomic E-state index is 2.25. The lowest BCUT2D eigenvalue weighted by Gasteiger charge is -2.08. The van der Waals surface area contributed by atoms with Crippen molar-refractivity contribution in [3.63, 3.8) is 0 Å². The van der Waals surface area contributed by atoms with E-state index < -0.39 is 15.6 Å². The molecule has 0 aliphatic carbocycles. The van der Waals surface area contributed by atoms with Gasteiger partial charge in [-0.1, -0.05) is 0 Å². The first-order valence-corrected chi connectivity index (χ1v) is 3.00. The minimum Gasteiger partial charge on any atom is -0.741 e. The van der Waals surface area contributed by atoms with Crippen LogP contribution in [0.5, 0.6) is 0 Å². The first-order chi connectivity index (χ1) is 4.25. The van der Waals surface area contributed by atoms with Crippen LogP contribution in [-0.2, 0) is 10.1 Å². The molecule has 0 amide bonds. The van der Waals surface area contributed by atoms with Gasteiger partial charge in [0.2, 0.25) is 0 Å². The summed E-state index contributed by atoms with van der Waals surface area (Å²) in [5.41, 5.74) is -5.65. The molecule has 0 heterocycles. The second-order valence-corrected chi connectivity index (χ2v) is 2.27. The quantitative estimate of drug-likeness (QED) is 0.275. The van der Waals surface area contributed by atoms with Gasteiger partial charge in [-0.3, -0.25) is 0 Å². The Morgan fingerprint density at radius 2 is 1.40 bits per heavy atom. The number of quaternary nitrogens is 1.